The summed E-state index contributed by atoms with van der Waals surface area (Å²) in [6, 6.07) is 12.2. The zero-order valence-electron chi connectivity index (χ0n) is 17.1. The Morgan fingerprint density at radius 2 is 1.55 bits per heavy atom. The zero-order chi connectivity index (χ0) is 22.1. The third kappa shape index (κ3) is 4.07. The molecule has 0 bridgehead atoms. The van der Waals surface area contributed by atoms with Crippen LogP contribution in [0.3, 0.4) is 0 Å². The number of hydrogen-bond acceptors (Lipinski definition) is 1. The summed E-state index contributed by atoms with van der Waals surface area (Å²) in [6.07, 6.45) is 3.18. The number of halogens is 4. The first kappa shape index (κ1) is 21.1. The van der Waals surface area contributed by atoms with Crippen molar-refractivity contribution in [2.45, 2.75) is 44.9 Å². The predicted molar refractivity (Wildman–Crippen MR) is 112 cm³/mol. The molecule has 31 heavy (non-hydrogen) atoms. The summed E-state index contributed by atoms with van der Waals surface area (Å²) in [5, 5.41) is 8.84. The highest BCUT2D eigenvalue weighted by Gasteiger charge is 2.26. The Bertz CT molecular complexity index is 1150. The first-order chi connectivity index (χ1) is 14.9. The lowest BCUT2D eigenvalue weighted by Gasteiger charge is -2.26. The molecular weight excluding hydrogens is 402 g/mol. The molecule has 0 N–H and O–H groups in total. The summed E-state index contributed by atoms with van der Waals surface area (Å²) in [5.74, 6) is -3.02. The molecule has 0 aromatic heterocycles. The molecule has 3 aromatic rings. The van der Waals surface area contributed by atoms with E-state index >= 15 is 0 Å². The SMILES string of the molecule is CCCc1cc(F)c(C2CCc3cc(-c4cc(F)c(C#N)c(F)c4)ccc3C2)c(F)c1. The van der Waals surface area contributed by atoms with Gasteiger partial charge in [-0.25, -0.2) is 17.6 Å². The lowest BCUT2D eigenvalue weighted by Crippen LogP contribution is -2.16. The first-order valence-electron chi connectivity index (χ1n) is 10.4. The maximum absolute atomic E-state index is 14.7. The van der Waals surface area contributed by atoms with Crippen molar-refractivity contribution < 1.29 is 17.6 Å². The average Bonchev–Trinajstić information content (AvgIpc) is 2.73. The molecule has 0 spiro atoms. The summed E-state index contributed by atoms with van der Waals surface area (Å²) in [5.41, 5.74) is 3.19. The smallest absolute Gasteiger partial charge is 0.144 e. The van der Waals surface area contributed by atoms with Crippen LogP contribution in [0.4, 0.5) is 17.6 Å². The molecule has 158 valence electrons. The third-order valence-electron chi connectivity index (χ3n) is 6.01. The lowest BCUT2D eigenvalue weighted by atomic mass is 9.78. The molecule has 4 rings (SSSR count). The number of nitriles is 1. The van der Waals surface area contributed by atoms with Crippen LogP contribution in [-0.2, 0) is 19.3 Å². The molecular formula is C26H21F4N. The molecule has 0 heterocycles. The number of aryl methyl sites for hydroxylation is 2. The fourth-order valence-electron chi connectivity index (χ4n) is 4.49. The number of benzene rings is 3. The molecule has 0 saturated carbocycles. The minimum absolute atomic E-state index is 0.144. The molecule has 0 radical (unpaired) electrons. The summed E-state index contributed by atoms with van der Waals surface area (Å²) < 4.78 is 57.4. The largest absolute Gasteiger partial charge is 0.207 e. The normalized spacial score (nSPS) is 15.4. The van der Waals surface area contributed by atoms with Gasteiger partial charge in [-0.2, -0.15) is 5.26 Å². The average molecular weight is 423 g/mol. The predicted octanol–water partition coefficient (Wildman–Crippen LogP) is 7.01. The Labute approximate surface area is 179 Å². The van der Waals surface area contributed by atoms with E-state index in [4.69, 9.17) is 5.26 Å². The Morgan fingerprint density at radius 1 is 0.871 bits per heavy atom. The first-order valence-corrected chi connectivity index (χ1v) is 10.4. The monoisotopic (exact) mass is 423 g/mol. The molecule has 0 saturated heterocycles. The summed E-state index contributed by atoms with van der Waals surface area (Å²) in [6.45, 7) is 1.97. The second-order valence-corrected chi connectivity index (χ2v) is 8.07. The molecule has 5 heteroatoms. The van der Waals surface area contributed by atoms with Gasteiger partial charge in [-0.3, -0.25) is 0 Å². The van der Waals surface area contributed by atoms with Crippen molar-refractivity contribution in [1.29, 1.82) is 5.26 Å². The molecule has 1 aliphatic carbocycles. The highest BCUT2D eigenvalue weighted by atomic mass is 19.1. The highest BCUT2D eigenvalue weighted by molar-refractivity contribution is 5.66. The lowest BCUT2D eigenvalue weighted by molar-refractivity contribution is 0.489. The minimum Gasteiger partial charge on any atom is -0.207 e. The van der Waals surface area contributed by atoms with Crippen LogP contribution in [0.5, 0.6) is 0 Å². The van der Waals surface area contributed by atoms with Crippen LogP contribution in [0, 0.1) is 34.6 Å². The van der Waals surface area contributed by atoms with Crippen LogP contribution in [0.1, 0.15) is 53.5 Å². The van der Waals surface area contributed by atoms with Gasteiger partial charge < -0.3 is 0 Å². The number of fused-ring (bicyclic) bond motifs is 1. The van der Waals surface area contributed by atoms with Gasteiger partial charge in [0.1, 0.15) is 34.9 Å². The molecule has 0 aliphatic heterocycles. The Balaban J connectivity index is 1.62. The summed E-state index contributed by atoms with van der Waals surface area (Å²) in [4.78, 5) is 0. The fraction of sp³-hybridized carbons (Fsp3) is 0.269. The van der Waals surface area contributed by atoms with Crippen molar-refractivity contribution >= 4 is 0 Å². The van der Waals surface area contributed by atoms with E-state index in [0.29, 0.717) is 42.4 Å². The molecule has 3 aromatic carbocycles. The van der Waals surface area contributed by atoms with Gasteiger partial charge in [0.15, 0.2) is 0 Å². The Morgan fingerprint density at radius 3 is 2.16 bits per heavy atom. The standard InChI is InChI=1S/C26H21F4N/c1-2-3-15-8-24(29)26(25(30)9-15)19-7-6-16-10-18(5-4-17(16)11-19)20-12-22(27)21(14-31)23(28)13-20/h4-5,8-10,12-13,19H,2-3,6-7,11H2,1H3. The molecule has 1 aliphatic rings. The van der Waals surface area contributed by atoms with Crippen molar-refractivity contribution in [3.8, 4) is 17.2 Å². The molecule has 1 unspecified atom stereocenters. The van der Waals surface area contributed by atoms with Gasteiger partial charge in [0.05, 0.1) is 0 Å². The summed E-state index contributed by atoms with van der Waals surface area (Å²) in [7, 11) is 0. The van der Waals surface area contributed by atoms with Crippen molar-refractivity contribution in [3.63, 3.8) is 0 Å². The molecule has 1 nitrogen and oxygen atoms in total. The van der Waals surface area contributed by atoms with Gasteiger partial charge in [-0.05, 0) is 83.7 Å². The van der Waals surface area contributed by atoms with Crippen LogP contribution in [0.25, 0.3) is 11.1 Å². The van der Waals surface area contributed by atoms with E-state index in [9.17, 15) is 17.6 Å². The van der Waals surface area contributed by atoms with E-state index < -0.39 is 28.8 Å². The maximum Gasteiger partial charge on any atom is 0.144 e. The highest BCUT2D eigenvalue weighted by Crippen LogP contribution is 2.37. The van der Waals surface area contributed by atoms with Crippen molar-refractivity contribution in [2.24, 2.45) is 0 Å². The van der Waals surface area contributed by atoms with Crippen LogP contribution in [-0.4, -0.2) is 0 Å². The Hall–Kier alpha value is -3.13. The van der Waals surface area contributed by atoms with E-state index in [2.05, 4.69) is 0 Å². The van der Waals surface area contributed by atoms with Gasteiger partial charge in [-0.1, -0.05) is 31.5 Å². The van der Waals surface area contributed by atoms with Gasteiger partial charge >= 0.3 is 0 Å². The van der Waals surface area contributed by atoms with Crippen LogP contribution < -0.4 is 0 Å². The molecule has 0 fully saturated rings. The van der Waals surface area contributed by atoms with Crippen LogP contribution in [0.15, 0.2) is 42.5 Å². The maximum atomic E-state index is 14.7. The van der Waals surface area contributed by atoms with Crippen LogP contribution >= 0.6 is 0 Å². The van der Waals surface area contributed by atoms with E-state index in [1.54, 1.807) is 6.07 Å². The third-order valence-corrected chi connectivity index (χ3v) is 6.01. The second kappa shape index (κ2) is 8.55. The molecule has 0 amide bonds. The van der Waals surface area contributed by atoms with Gasteiger partial charge in [-0.15, -0.1) is 0 Å². The van der Waals surface area contributed by atoms with Gasteiger partial charge in [0.2, 0.25) is 0 Å². The van der Waals surface area contributed by atoms with E-state index in [0.717, 1.165) is 29.7 Å². The van der Waals surface area contributed by atoms with E-state index in [1.807, 2.05) is 19.1 Å². The fourth-order valence-corrected chi connectivity index (χ4v) is 4.49. The Kier molecular flexibility index (Phi) is 5.82. The van der Waals surface area contributed by atoms with Gasteiger partial charge in [0.25, 0.3) is 0 Å². The molecule has 1 atom stereocenters. The van der Waals surface area contributed by atoms with E-state index in [-0.39, 0.29) is 11.5 Å². The quantitative estimate of drug-likeness (QED) is 0.414. The van der Waals surface area contributed by atoms with E-state index in [1.165, 1.54) is 18.2 Å². The van der Waals surface area contributed by atoms with Crippen molar-refractivity contribution in [2.75, 3.05) is 0 Å². The number of nitrogens with zero attached hydrogens (tertiary/aromatic N) is 1. The minimum atomic E-state index is -0.896. The number of hydrogen-bond donors (Lipinski definition) is 0. The zero-order valence-corrected chi connectivity index (χ0v) is 17.1. The number of rotatable bonds is 4. The topological polar surface area (TPSA) is 23.8 Å². The van der Waals surface area contributed by atoms with Crippen molar-refractivity contribution in [3.05, 3.63) is 93.6 Å². The van der Waals surface area contributed by atoms with Crippen molar-refractivity contribution in [1.82, 2.24) is 0 Å². The summed E-state index contributed by atoms with van der Waals surface area (Å²) >= 11 is 0. The van der Waals surface area contributed by atoms with Crippen LogP contribution in [0.2, 0.25) is 0 Å². The van der Waals surface area contributed by atoms with Gasteiger partial charge in [0, 0.05) is 5.56 Å². The second-order valence-electron chi connectivity index (χ2n) is 8.07.